The standard InChI is InChI=1S/C18H22N2O5/c21-16(20-7-5-18(6-8-20)13-24-17(22)25-18)14-3-1-2-4-15(14)19-9-11-23-12-10-19/h1-4H,5-13H2. The molecule has 4 rings (SSSR count). The van der Waals surface area contributed by atoms with E-state index in [9.17, 15) is 9.59 Å². The van der Waals surface area contributed by atoms with Crippen molar-refractivity contribution in [1.29, 1.82) is 0 Å². The van der Waals surface area contributed by atoms with Crippen LogP contribution in [0.3, 0.4) is 0 Å². The van der Waals surface area contributed by atoms with Crippen LogP contribution in [0, 0.1) is 0 Å². The molecule has 0 N–H and O–H groups in total. The van der Waals surface area contributed by atoms with Crippen LogP contribution in [0.4, 0.5) is 10.5 Å². The lowest BCUT2D eigenvalue weighted by Gasteiger charge is -2.37. The lowest BCUT2D eigenvalue weighted by Crippen LogP contribution is -2.48. The van der Waals surface area contributed by atoms with E-state index in [1.54, 1.807) is 0 Å². The number of carbonyl (C=O) groups excluding carboxylic acids is 2. The molecular weight excluding hydrogens is 324 g/mol. The lowest BCUT2D eigenvalue weighted by molar-refractivity contribution is 0.00282. The van der Waals surface area contributed by atoms with Crippen LogP contribution >= 0.6 is 0 Å². The van der Waals surface area contributed by atoms with E-state index in [4.69, 9.17) is 14.2 Å². The van der Waals surface area contributed by atoms with Crippen molar-refractivity contribution in [2.45, 2.75) is 18.4 Å². The Morgan fingerprint density at radius 3 is 2.44 bits per heavy atom. The van der Waals surface area contributed by atoms with E-state index in [1.807, 2.05) is 29.2 Å². The zero-order valence-corrected chi connectivity index (χ0v) is 14.1. The Hall–Kier alpha value is -2.28. The minimum absolute atomic E-state index is 0.0298. The molecule has 0 radical (unpaired) electrons. The summed E-state index contributed by atoms with van der Waals surface area (Å²) in [5.41, 5.74) is 1.14. The molecule has 1 aromatic rings. The molecule has 0 atom stereocenters. The van der Waals surface area contributed by atoms with Gasteiger partial charge in [-0.2, -0.15) is 0 Å². The Morgan fingerprint density at radius 2 is 1.76 bits per heavy atom. The van der Waals surface area contributed by atoms with Gasteiger partial charge in [0.15, 0.2) is 5.60 Å². The van der Waals surface area contributed by atoms with Gasteiger partial charge < -0.3 is 24.0 Å². The van der Waals surface area contributed by atoms with Gasteiger partial charge in [-0.05, 0) is 12.1 Å². The molecule has 3 fully saturated rings. The van der Waals surface area contributed by atoms with Crippen LogP contribution in [0.1, 0.15) is 23.2 Å². The van der Waals surface area contributed by atoms with Crippen LogP contribution in [-0.4, -0.2) is 68.6 Å². The van der Waals surface area contributed by atoms with Gasteiger partial charge in [0.25, 0.3) is 5.91 Å². The largest absolute Gasteiger partial charge is 0.509 e. The van der Waals surface area contributed by atoms with Gasteiger partial charge >= 0.3 is 6.16 Å². The summed E-state index contributed by atoms with van der Waals surface area (Å²) in [6.45, 7) is 4.36. The molecule has 0 aliphatic carbocycles. The van der Waals surface area contributed by atoms with Crippen molar-refractivity contribution in [1.82, 2.24) is 4.90 Å². The zero-order valence-electron chi connectivity index (χ0n) is 14.1. The van der Waals surface area contributed by atoms with Crippen LogP contribution < -0.4 is 4.90 Å². The maximum Gasteiger partial charge on any atom is 0.509 e. The first-order chi connectivity index (χ1) is 12.2. The van der Waals surface area contributed by atoms with Crippen molar-refractivity contribution >= 4 is 17.7 Å². The topological polar surface area (TPSA) is 68.3 Å². The first kappa shape index (κ1) is 16.2. The minimum Gasteiger partial charge on any atom is -0.430 e. The number of benzene rings is 1. The highest BCUT2D eigenvalue weighted by atomic mass is 16.8. The number of hydrogen-bond donors (Lipinski definition) is 0. The maximum atomic E-state index is 13.1. The van der Waals surface area contributed by atoms with Crippen molar-refractivity contribution < 1.29 is 23.8 Å². The van der Waals surface area contributed by atoms with Crippen LogP contribution in [0.15, 0.2) is 24.3 Å². The minimum atomic E-state index is -0.600. The summed E-state index contributed by atoms with van der Waals surface area (Å²) in [4.78, 5) is 28.3. The highest BCUT2D eigenvalue weighted by Crippen LogP contribution is 2.33. The Bertz CT molecular complexity index is 663. The number of likely N-dealkylation sites (tertiary alicyclic amines) is 1. The first-order valence-corrected chi connectivity index (χ1v) is 8.74. The number of nitrogens with zero attached hydrogens (tertiary/aromatic N) is 2. The fourth-order valence-corrected chi connectivity index (χ4v) is 3.69. The number of ether oxygens (including phenoxy) is 3. The third-order valence-corrected chi connectivity index (χ3v) is 5.20. The molecule has 134 valence electrons. The molecule has 1 aromatic carbocycles. The molecule has 1 amide bonds. The van der Waals surface area contributed by atoms with Crippen molar-refractivity contribution in [3.05, 3.63) is 29.8 Å². The SMILES string of the molecule is O=C1OCC2(CCN(C(=O)c3ccccc3N3CCOCC3)CC2)O1. The molecule has 7 heteroatoms. The second-order valence-electron chi connectivity index (χ2n) is 6.73. The summed E-state index contributed by atoms with van der Waals surface area (Å²) in [7, 11) is 0. The predicted molar refractivity (Wildman–Crippen MR) is 89.8 cm³/mol. The van der Waals surface area contributed by atoms with Gasteiger partial charge in [-0.3, -0.25) is 4.79 Å². The van der Waals surface area contributed by atoms with E-state index in [2.05, 4.69) is 4.90 Å². The Kier molecular flexibility index (Phi) is 4.25. The quantitative estimate of drug-likeness (QED) is 0.759. The van der Waals surface area contributed by atoms with Crippen molar-refractivity contribution in [3.8, 4) is 0 Å². The summed E-state index contributed by atoms with van der Waals surface area (Å²) in [6, 6.07) is 7.74. The summed E-state index contributed by atoms with van der Waals surface area (Å²) in [5.74, 6) is 0.0298. The normalized spacial score (nSPS) is 22.6. The molecule has 0 bridgehead atoms. The van der Waals surface area contributed by atoms with Crippen LogP contribution in [0.5, 0.6) is 0 Å². The summed E-state index contributed by atoms with van der Waals surface area (Å²) in [5, 5.41) is 0. The van der Waals surface area contributed by atoms with Gasteiger partial charge in [-0.25, -0.2) is 4.79 Å². The third kappa shape index (κ3) is 3.16. The van der Waals surface area contributed by atoms with E-state index < -0.39 is 11.8 Å². The monoisotopic (exact) mass is 346 g/mol. The fourth-order valence-electron chi connectivity index (χ4n) is 3.69. The van der Waals surface area contributed by atoms with Gasteiger partial charge in [0.05, 0.1) is 18.8 Å². The molecule has 25 heavy (non-hydrogen) atoms. The molecule has 3 aliphatic rings. The molecule has 0 saturated carbocycles. The van der Waals surface area contributed by atoms with Crippen molar-refractivity contribution in [3.63, 3.8) is 0 Å². The predicted octanol–water partition coefficient (Wildman–Crippen LogP) is 1.66. The molecule has 7 nitrogen and oxygen atoms in total. The van der Waals surface area contributed by atoms with E-state index in [-0.39, 0.29) is 12.5 Å². The maximum absolute atomic E-state index is 13.1. The number of cyclic esters (lactones) is 1. The summed E-state index contributed by atoms with van der Waals surface area (Å²) < 4.78 is 15.7. The first-order valence-electron chi connectivity index (χ1n) is 8.74. The highest BCUT2D eigenvalue weighted by molar-refractivity contribution is 6.00. The van der Waals surface area contributed by atoms with Gasteiger partial charge in [0, 0.05) is 44.7 Å². The van der Waals surface area contributed by atoms with Crippen molar-refractivity contribution in [2.24, 2.45) is 0 Å². The number of morpholine rings is 1. The number of hydrogen-bond acceptors (Lipinski definition) is 6. The van der Waals surface area contributed by atoms with Crippen LogP contribution in [0.25, 0.3) is 0 Å². The zero-order chi connectivity index (χ0) is 17.3. The summed E-state index contributed by atoms with van der Waals surface area (Å²) >= 11 is 0. The van der Waals surface area contributed by atoms with Crippen LogP contribution in [0.2, 0.25) is 0 Å². The third-order valence-electron chi connectivity index (χ3n) is 5.20. The van der Waals surface area contributed by atoms with Gasteiger partial charge in [-0.15, -0.1) is 0 Å². The van der Waals surface area contributed by atoms with Gasteiger partial charge in [-0.1, -0.05) is 12.1 Å². The lowest BCUT2D eigenvalue weighted by atomic mass is 9.92. The number of para-hydroxylation sites is 1. The Balaban J connectivity index is 1.47. The molecule has 1 spiro atoms. The van der Waals surface area contributed by atoms with E-state index in [1.165, 1.54) is 0 Å². The van der Waals surface area contributed by atoms with Crippen molar-refractivity contribution in [2.75, 3.05) is 50.9 Å². The van der Waals surface area contributed by atoms with Gasteiger partial charge in [0.1, 0.15) is 6.61 Å². The average Bonchev–Trinajstić information content (AvgIpc) is 3.03. The number of anilines is 1. The smallest absolute Gasteiger partial charge is 0.430 e. The molecule has 0 unspecified atom stereocenters. The number of amides is 1. The number of piperidine rings is 1. The Morgan fingerprint density at radius 1 is 1.04 bits per heavy atom. The Labute approximate surface area is 146 Å². The second kappa shape index (κ2) is 6.55. The summed E-state index contributed by atoms with van der Waals surface area (Å²) in [6.07, 6.45) is 0.631. The number of rotatable bonds is 2. The average molecular weight is 346 g/mol. The van der Waals surface area contributed by atoms with Crippen LogP contribution in [-0.2, 0) is 14.2 Å². The van der Waals surface area contributed by atoms with E-state index in [0.29, 0.717) is 39.1 Å². The second-order valence-corrected chi connectivity index (χ2v) is 6.73. The van der Waals surface area contributed by atoms with E-state index in [0.717, 1.165) is 24.3 Å². The molecule has 3 saturated heterocycles. The van der Waals surface area contributed by atoms with E-state index >= 15 is 0 Å². The fraction of sp³-hybridized carbons (Fsp3) is 0.556. The molecule has 3 aliphatic heterocycles. The molecule has 0 aromatic heterocycles. The molecular formula is C18H22N2O5. The highest BCUT2D eigenvalue weighted by Gasteiger charge is 2.45. The number of carbonyl (C=O) groups is 2. The molecule has 3 heterocycles. The van der Waals surface area contributed by atoms with Gasteiger partial charge in [0.2, 0.25) is 0 Å².